The molecule has 0 amide bonds. The topological polar surface area (TPSA) is 17.1 Å². The van der Waals surface area contributed by atoms with Crippen molar-refractivity contribution < 1.29 is 4.79 Å². The molecule has 1 fully saturated rings. The number of rotatable bonds is 2. The Morgan fingerprint density at radius 3 is 2.44 bits per heavy atom. The van der Waals surface area contributed by atoms with Crippen LogP contribution in [0.3, 0.4) is 0 Å². The SMILES string of the molecule is O=C(c1ccc2cc(Br)ccc2c1)C1CCCC1. The summed E-state index contributed by atoms with van der Waals surface area (Å²) in [7, 11) is 0. The average Bonchev–Trinajstić information content (AvgIpc) is 2.91. The van der Waals surface area contributed by atoms with Crippen molar-refractivity contribution in [2.45, 2.75) is 25.7 Å². The van der Waals surface area contributed by atoms with E-state index >= 15 is 0 Å². The fourth-order valence-electron chi connectivity index (χ4n) is 2.79. The van der Waals surface area contributed by atoms with Gasteiger partial charge in [0.1, 0.15) is 0 Å². The summed E-state index contributed by atoms with van der Waals surface area (Å²) in [5.41, 5.74) is 0.872. The Hall–Kier alpha value is -1.15. The van der Waals surface area contributed by atoms with Crippen molar-refractivity contribution in [2.75, 3.05) is 0 Å². The fraction of sp³-hybridized carbons (Fsp3) is 0.312. The molecule has 1 aliphatic rings. The zero-order valence-electron chi connectivity index (χ0n) is 10.2. The number of fused-ring (bicyclic) bond motifs is 1. The molecule has 0 bridgehead atoms. The summed E-state index contributed by atoms with van der Waals surface area (Å²) in [5.74, 6) is 0.593. The minimum absolute atomic E-state index is 0.262. The second-order valence-corrected chi connectivity index (χ2v) is 5.97. The first-order valence-corrected chi connectivity index (χ1v) is 7.27. The first kappa shape index (κ1) is 11.9. The number of carbonyl (C=O) groups is 1. The molecule has 0 heterocycles. The predicted molar refractivity (Wildman–Crippen MR) is 77.9 cm³/mol. The van der Waals surface area contributed by atoms with Crippen molar-refractivity contribution in [3.05, 3.63) is 46.4 Å². The van der Waals surface area contributed by atoms with Crippen LogP contribution in [0.2, 0.25) is 0 Å². The van der Waals surface area contributed by atoms with Gasteiger partial charge in [-0.3, -0.25) is 4.79 Å². The van der Waals surface area contributed by atoms with E-state index in [1.54, 1.807) is 0 Å². The van der Waals surface area contributed by atoms with Gasteiger partial charge < -0.3 is 0 Å². The van der Waals surface area contributed by atoms with Crippen LogP contribution in [0, 0.1) is 5.92 Å². The second-order valence-electron chi connectivity index (χ2n) is 5.05. The van der Waals surface area contributed by atoms with Crippen LogP contribution in [-0.2, 0) is 0 Å². The third-order valence-electron chi connectivity index (χ3n) is 3.81. The molecule has 0 spiro atoms. The Balaban J connectivity index is 1.97. The maximum absolute atomic E-state index is 12.3. The lowest BCUT2D eigenvalue weighted by Gasteiger charge is -2.09. The van der Waals surface area contributed by atoms with Crippen LogP contribution >= 0.6 is 15.9 Å². The average molecular weight is 303 g/mol. The van der Waals surface area contributed by atoms with Crippen LogP contribution in [0.1, 0.15) is 36.0 Å². The molecule has 2 aromatic carbocycles. The molecule has 0 aliphatic heterocycles. The molecule has 2 aromatic rings. The highest BCUT2D eigenvalue weighted by Gasteiger charge is 2.23. The van der Waals surface area contributed by atoms with Crippen molar-refractivity contribution in [1.29, 1.82) is 0 Å². The molecule has 1 nitrogen and oxygen atoms in total. The van der Waals surface area contributed by atoms with Gasteiger partial charge in [-0.2, -0.15) is 0 Å². The maximum Gasteiger partial charge on any atom is 0.165 e. The van der Waals surface area contributed by atoms with E-state index in [9.17, 15) is 4.79 Å². The van der Waals surface area contributed by atoms with Gasteiger partial charge in [-0.15, -0.1) is 0 Å². The zero-order chi connectivity index (χ0) is 12.5. The predicted octanol–water partition coefficient (Wildman–Crippen LogP) is 4.98. The summed E-state index contributed by atoms with van der Waals surface area (Å²) >= 11 is 3.47. The van der Waals surface area contributed by atoms with Crippen LogP contribution in [0.4, 0.5) is 0 Å². The van der Waals surface area contributed by atoms with E-state index in [0.717, 1.165) is 28.3 Å². The molecule has 3 rings (SSSR count). The van der Waals surface area contributed by atoms with Gasteiger partial charge in [0.05, 0.1) is 0 Å². The van der Waals surface area contributed by atoms with Crippen molar-refractivity contribution in [2.24, 2.45) is 5.92 Å². The van der Waals surface area contributed by atoms with Crippen LogP contribution < -0.4 is 0 Å². The molecule has 0 atom stereocenters. The molecular formula is C16H15BrO. The molecular weight excluding hydrogens is 288 g/mol. The molecule has 18 heavy (non-hydrogen) atoms. The third kappa shape index (κ3) is 2.22. The number of halogens is 1. The molecule has 2 heteroatoms. The van der Waals surface area contributed by atoms with Gasteiger partial charge in [0.15, 0.2) is 5.78 Å². The Labute approximate surface area is 115 Å². The second kappa shape index (κ2) is 4.85. The van der Waals surface area contributed by atoms with Crippen molar-refractivity contribution in [1.82, 2.24) is 0 Å². The van der Waals surface area contributed by atoms with Gasteiger partial charge in [-0.05, 0) is 41.8 Å². The molecule has 1 saturated carbocycles. The molecule has 0 unspecified atom stereocenters. The van der Waals surface area contributed by atoms with E-state index in [-0.39, 0.29) is 5.92 Å². The van der Waals surface area contributed by atoms with Crippen LogP contribution in [0.5, 0.6) is 0 Å². The van der Waals surface area contributed by atoms with Gasteiger partial charge in [0.2, 0.25) is 0 Å². The summed E-state index contributed by atoms with van der Waals surface area (Å²) < 4.78 is 1.07. The fourth-order valence-corrected chi connectivity index (χ4v) is 3.17. The number of Topliss-reactive ketones (excluding diaryl/α,β-unsaturated/α-hetero) is 1. The molecule has 0 saturated heterocycles. The van der Waals surface area contributed by atoms with Crippen molar-refractivity contribution in [3.8, 4) is 0 Å². The van der Waals surface area contributed by atoms with Crippen molar-refractivity contribution in [3.63, 3.8) is 0 Å². The van der Waals surface area contributed by atoms with Crippen LogP contribution in [-0.4, -0.2) is 5.78 Å². The van der Waals surface area contributed by atoms with E-state index in [1.165, 1.54) is 18.2 Å². The Morgan fingerprint density at radius 1 is 1.00 bits per heavy atom. The van der Waals surface area contributed by atoms with Crippen LogP contribution in [0.25, 0.3) is 10.8 Å². The maximum atomic E-state index is 12.3. The normalized spacial score (nSPS) is 16.3. The first-order valence-electron chi connectivity index (χ1n) is 6.47. The number of benzene rings is 2. The monoisotopic (exact) mass is 302 g/mol. The van der Waals surface area contributed by atoms with Crippen LogP contribution in [0.15, 0.2) is 40.9 Å². The lowest BCUT2D eigenvalue weighted by atomic mass is 9.95. The molecule has 0 N–H and O–H groups in total. The molecule has 0 aromatic heterocycles. The summed E-state index contributed by atoms with van der Waals surface area (Å²) in [6.07, 6.45) is 4.54. The largest absolute Gasteiger partial charge is 0.294 e. The minimum Gasteiger partial charge on any atom is -0.294 e. The van der Waals surface area contributed by atoms with Gasteiger partial charge >= 0.3 is 0 Å². The lowest BCUT2D eigenvalue weighted by Crippen LogP contribution is -2.10. The van der Waals surface area contributed by atoms with Gasteiger partial charge in [0.25, 0.3) is 0 Å². The standard InChI is InChI=1S/C16H15BrO/c17-15-8-7-12-9-14(6-5-13(12)10-15)16(18)11-3-1-2-4-11/h5-11H,1-4H2. The Morgan fingerprint density at radius 2 is 1.67 bits per heavy atom. The molecule has 0 radical (unpaired) electrons. The summed E-state index contributed by atoms with van der Waals surface area (Å²) in [6, 6.07) is 12.2. The Bertz CT molecular complexity index is 597. The van der Waals surface area contributed by atoms with Crippen molar-refractivity contribution >= 4 is 32.5 Å². The van der Waals surface area contributed by atoms with E-state index in [1.807, 2.05) is 24.3 Å². The number of carbonyl (C=O) groups excluding carboxylic acids is 1. The minimum atomic E-state index is 0.262. The summed E-state index contributed by atoms with van der Waals surface area (Å²) in [6.45, 7) is 0. The third-order valence-corrected chi connectivity index (χ3v) is 4.31. The van der Waals surface area contributed by atoms with Gasteiger partial charge in [-0.1, -0.05) is 47.0 Å². The van der Waals surface area contributed by atoms with Gasteiger partial charge in [0, 0.05) is 16.0 Å². The number of hydrogen-bond acceptors (Lipinski definition) is 1. The quantitative estimate of drug-likeness (QED) is 0.715. The first-order chi connectivity index (χ1) is 8.74. The highest BCUT2D eigenvalue weighted by Crippen LogP contribution is 2.29. The van der Waals surface area contributed by atoms with E-state index < -0.39 is 0 Å². The van der Waals surface area contributed by atoms with E-state index in [0.29, 0.717) is 5.78 Å². The number of hydrogen-bond donors (Lipinski definition) is 0. The smallest absolute Gasteiger partial charge is 0.165 e. The Kier molecular flexibility index (Phi) is 3.21. The highest BCUT2D eigenvalue weighted by atomic mass is 79.9. The lowest BCUT2D eigenvalue weighted by molar-refractivity contribution is 0.0923. The van der Waals surface area contributed by atoms with E-state index in [2.05, 4.69) is 28.1 Å². The highest BCUT2D eigenvalue weighted by molar-refractivity contribution is 9.10. The zero-order valence-corrected chi connectivity index (χ0v) is 11.7. The van der Waals surface area contributed by atoms with E-state index in [4.69, 9.17) is 0 Å². The molecule has 1 aliphatic carbocycles. The number of ketones is 1. The summed E-state index contributed by atoms with van der Waals surface area (Å²) in [4.78, 5) is 12.3. The summed E-state index contributed by atoms with van der Waals surface area (Å²) in [5, 5.41) is 2.31. The molecule has 92 valence electrons. The van der Waals surface area contributed by atoms with Gasteiger partial charge in [-0.25, -0.2) is 0 Å².